The standard InChI is InChI=1S/C36H32N2/c1-24(2)31-22-30(29-20-25(3)19-26(4)21-29)23-32(27-13-7-5-8-14-27)35(31)38-34-18-12-11-17-33(34)37-36(38)28-15-9-6-10-16-28/h5-24H,1-4H3. The zero-order valence-electron chi connectivity index (χ0n) is 22.4. The monoisotopic (exact) mass is 492 g/mol. The van der Waals surface area contributed by atoms with Crippen LogP contribution in [0, 0.1) is 13.8 Å². The summed E-state index contributed by atoms with van der Waals surface area (Å²) in [6, 6.07) is 41.4. The van der Waals surface area contributed by atoms with Crippen molar-refractivity contribution in [1.29, 1.82) is 0 Å². The van der Waals surface area contributed by atoms with Crippen LogP contribution in [0.5, 0.6) is 0 Å². The minimum atomic E-state index is 0.308. The Kier molecular flexibility index (Phi) is 6.17. The summed E-state index contributed by atoms with van der Waals surface area (Å²) in [5.41, 5.74) is 13.2. The second-order valence-corrected chi connectivity index (χ2v) is 10.5. The van der Waals surface area contributed by atoms with Crippen molar-refractivity contribution in [3.8, 4) is 39.3 Å². The number of para-hydroxylation sites is 2. The molecule has 2 heteroatoms. The second-order valence-electron chi connectivity index (χ2n) is 10.5. The summed E-state index contributed by atoms with van der Waals surface area (Å²) in [7, 11) is 0. The smallest absolute Gasteiger partial charge is 0.145 e. The lowest BCUT2D eigenvalue weighted by Crippen LogP contribution is -2.07. The van der Waals surface area contributed by atoms with Gasteiger partial charge < -0.3 is 0 Å². The van der Waals surface area contributed by atoms with Gasteiger partial charge in [-0.3, -0.25) is 4.57 Å². The summed E-state index contributed by atoms with van der Waals surface area (Å²) in [5, 5.41) is 0. The van der Waals surface area contributed by atoms with Gasteiger partial charge in [-0.25, -0.2) is 4.98 Å². The summed E-state index contributed by atoms with van der Waals surface area (Å²) in [6.45, 7) is 8.94. The minimum absolute atomic E-state index is 0.308. The van der Waals surface area contributed by atoms with Crippen molar-refractivity contribution in [2.75, 3.05) is 0 Å². The van der Waals surface area contributed by atoms with Crippen molar-refractivity contribution in [2.24, 2.45) is 0 Å². The number of aryl methyl sites for hydroxylation is 2. The van der Waals surface area contributed by atoms with E-state index in [0.717, 1.165) is 22.4 Å². The number of fused-ring (bicyclic) bond motifs is 1. The molecule has 0 saturated heterocycles. The van der Waals surface area contributed by atoms with Gasteiger partial charge in [0.15, 0.2) is 0 Å². The summed E-state index contributed by atoms with van der Waals surface area (Å²) >= 11 is 0. The fraction of sp³-hybridized carbons (Fsp3) is 0.139. The average molecular weight is 493 g/mol. The molecule has 6 rings (SSSR count). The predicted octanol–water partition coefficient (Wildman–Crippen LogP) is 9.77. The lowest BCUT2D eigenvalue weighted by Gasteiger charge is -2.23. The minimum Gasteiger partial charge on any atom is -0.291 e. The first-order chi connectivity index (χ1) is 18.5. The maximum atomic E-state index is 5.16. The van der Waals surface area contributed by atoms with Gasteiger partial charge in [-0.1, -0.05) is 116 Å². The van der Waals surface area contributed by atoms with E-state index in [0.29, 0.717) is 5.92 Å². The second kappa shape index (κ2) is 9.79. The van der Waals surface area contributed by atoms with Gasteiger partial charge >= 0.3 is 0 Å². The lowest BCUT2D eigenvalue weighted by atomic mass is 9.88. The molecule has 1 heterocycles. The molecule has 0 aliphatic heterocycles. The Bertz CT molecular complexity index is 1720. The molecule has 0 radical (unpaired) electrons. The van der Waals surface area contributed by atoms with Crippen molar-refractivity contribution in [3.63, 3.8) is 0 Å². The van der Waals surface area contributed by atoms with Crippen molar-refractivity contribution in [2.45, 2.75) is 33.6 Å². The van der Waals surface area contributed by atoms with Gasteiger partial charge in [0.2, 0.25) is 0 Å². The van der Waals surface area contributed by atoms with E-state index in [1.807, 2.05) is 0 Å². The number of imidazole rings is 1. The first-order valence-electron chi connectivity index (χ1n) is 13.3. The number of benzene rings is 5. The molecule has 6 aromatic rings. The molecular weight excluding hydrogens is 460 g/mol. The molecule has 186 valence electrons. The van der Waals surface area contributed by atoms with Crippen LogP contribution < -0.4 is 0 Å². The first kappa shape index (κ1) is 23.9. The zero-order valence-corrected chi connectivity index (χ0v) is 22.4. The van der Waals surface area contributed by atoms with Crippen LogP contribution in [-0.2, 0) is 0 Å². The molecule has 2 nitrogen and oxygen atoms in total. The van der Waals surface area contributed by atoms with Gasteiger partial charge in [0, 0.05) is 11.1 Å². The molecule has 0 saturated carbocycles. The van der Waals surface area contributed by atoms with E-state index in [1.54, 1.807) is 0 Å². The number of rotatable bonds is 5. The van der Waals surface area contributed by atoms with Crippen LogP contribution in [0.3, 0.4) is 0 Å². The Hall–Kier alpha value is -4.43. The Morgan fingerprint density at radius 2 is 1.16 bits per heavy atom. The van der Waals surface area contributed by atoms with Crippen LogP contribution in [0.15, 0.2) is 115 Å². The van der Waals surface area contributed by atoms with E-state index in [1.165, 1.54) is 44.6 Å². The average Bonchev–Trinajstić information content (AvgIpc) is 3.32. The third-order valence-corrected chi connectivity index (χ3v) is 7.22. The molecule has 0 unspecified atom stereocenters. The van der Waals surface area contributed by atoms with E-state index < -0.39 is 0 Å². The third kappa shape index (κ3) is 4.33. The Morgan fingerprint density at radius 3 is 1.82 bits per heavy atom. The van der Waals surface area contributed by atoms with Crippen LogP contribution in [0.2, 0.25) is 0 Å². The van der Waals surface area contributed by atoms with Gasteiger partial charge in [0.1, 0.15) is 5.82 Å². The van der Waals surface area contributed by atoms with Crippen LogP contribution in [-0.4, -0.2) is 9.55 Å². The van der Waals surface area contributed by atoms with Crippen molar-refractivity contribution < 1.29 is 0 Å². The molecular formula is C36H32N2. The molecule has 0 aliphatic carbocycles. The van der Waals surface area contributed by atoms with E-state index in [2.05, 4.69) is 148 Å². The highest BCUT2D eigenvalue weighted by atomic mass is 15.1. The van der Waals surface area contributed by atoms with Gasteiger partial charge in [-0.2, -0.15) is 0 Å². The van der Waals surface area contributed by atoms with Crippen LogP contribution in [0.4, 0.5) is 0 Å². The molecule has 1 aromatic heterocycles. The maximum Gasteiger partial charge on any atom is 0.145 e. The van der Waals surface area contributed by atoms with Crippen LogP contribution in [0.1, 0.15) is 36.5 Å². The molecule has 0 fully saturated rings. The number of nitrogens with zero attached hydrogens (tertiary/aromatic N) is 2. The SMILES string of the molecule is Cc1cc(C)cc(-c2cc(-c3ccccc3)c(-n3c(-c4ccccc4)nc4ccccc43)c(C(C)C)c2)c1. The molecule has 0 N–H and O–H groups in total. The highest BCUT2D eigenvalue weighted by Crippen LogP contribution is 2.41. The van der Waals surface area contributed by atoms with Gasteiger partial charge in [-0.05, 0) is 66.3 Å². The summed E-state index contributed by atoms with van der Waals surface area (Å²) in [6.07, 6.45) is 0. The number of aromatic nitrogens is 2. The highest BCUT2D eigenvalue weighted by Gasteiger charge is 2.23. The van der Waals surface area contributed by atoms with Gasteiger partial charge in [0.05, 0.1) is 16.7 Å². The molecule has 38 heavy (non-hydrogen) atoms. The van der Waals surface area contributed by atoms with Crippen LogP contribution >= 0.6 is 0 Å². The molecule has 0 bridgehead atoms. The van der Waals surface area contributed by atoms with Gasteiger partial charge in [-0.15, -0.1) is 0 Å². The summed E-state index contributed by atoms with van der Waals surface area (Å²) < 4.78 is 2.38. The van der Waals surface area contributed by atoms with E-state index in [4.69, 9.17) is 4.98 Å². The van der Waals surface area contributed by atoms with Crippen molar-refractivity contribution in [1.82, 2.24) is 9.55 Å². The quantitative estimate of drug-likeness (QED) is 0.234. The molecule has 0 aliphatic rings. The molecule has 0 atom stereocenters. The Balaban J connectivity index is 1.75. The van der Waals surface area contributed by atoms with Crippen LogP contribution in [0.25, 0.3) is 50.4 Å². The Morgan fingerprint density at radius 1 is 0.579 bits per heavy atom. The van der Waals surface area contributed by atoms with E-state index in [-0.39, 0.29) is 0 Å². The number of hydrogen-bond donors (Lipinski definition) is 0. The maximum absolute atomic E-state index is 5.16. The fourth-order valence-corrected chi connectivity index (χ4v) is 5.53. The largest absolute Gasteiger partial charge is 0.291 e. The molecule has 5 aromatic carbocycles. The van der Waals surface area contributed by atoms with Crippen molar-refractivity contribution >= 4 is 11.0 Å². The van der Waals surface area contributed by atoms with E-state index >= 15 is 0 Å². The summed E-state index contributed by atoms with van der Waals surface area (Å²) in [4.78, 5) is 5.16. The lowest BCUT2D eigenvalue weighted by molar-refractivity contribution is 0.852. The third-order valence-electron chi connectivity index (χ3n) is 7.22. The molecule has 0 spiro atoms. The van der Waals surface area contributed by atoms with Gasteiger partial charge in [0.25, 0.3) is 0 Å². The normalized spacial score (nSPS) is 11.4. The fourth-order valence-electron chi connectivity index (χ4n) is 5.53. The van der Waals surface area contributed by atoms with Crippen molar-refractivity contribution in [3.05, 3.63) is 132 Å². The highest BCUT2D eigenvalue weighted by molar-refractivity contribution is 5.89. The zero-order chi connectivity index (χ0) is 26.2. The predicted molar refractivity (Wildman–Crippen MR) is 161 cm³/mol. The first-order valence-corrected chi connectivity index (χ1v) is 13.3. The summed E-state index contributed by atoms with van der Waals surface area (Å²) in [5.74, 6) is 1.27. The number of hydrogen-bond acceptors (Lipinski definition) is 1. The molecule has 0 amide bonds. The Labute approximate surface area is 225 Å². The van der Waals surface area contributed by atoms with E-state index in [9.17, 15) is 0 Å². The topological polar surface area (TPSA) is 17.8 Å².